The highest BCUT2D eigenvalue weighted by Gasteiger charge is 2.44. The van der Waals surface area contributed by atoms with Crippen molar-refractivity contribution in [3.8, 4) is 0 Å². The molecule has 3 aliphatic rings. The van der Waals surface area contributed by atoms with Crippen molar-refractivity contribution in [3.63, 3.8) is 0 Å². The summed E-state index contributed by atoms with van der Waals surface area (Å²) >= 11 is 6.36. The lowest BCUT2D eigenvalue weighted by atomic mass is 9.88. The maximum atomic E-state index is 6.36. The zero-order valence-corrected chi connectivity index (χ0v) is 11.5. The predicted octanol–water partition coefficient (Wildman–Crippen LogP) is 3.18. The maximum absolute atomic E-state index is 6.36. The van der Waals surface area contributed by atoms with E-state index in [4.69, 9.17) is 16.3 Å². The molecule has 1 saturated carbocycles. The molecule has 0 spiro atoms. The van der Waals surface area contributed by atoms with Gasteiger partial charge in [-0.05, 0) is 51.4 Å². The van der Waals surface area contributed by atoms with E-state index in [0.29, 0.717) is 11.5 Å². The van der Waals surface area contributed by atoms with Crippen molar-refractivity contribution in [1.82, 2.24) is 4.90 Å². The molecule has 4 atom stereocenters. The number of fused-ring (bicyclic) bond motifs is 2. The normalized spacial score (nSPS) is 47.3. The Hall–Kier alpha value is 0.210. The van der Waals surface area contributed by atoms with Crippen LogP contribution in [-0.2, 0) is 4.74 Å². The first kappa shape index (κ1) is 12.3. The Balaban J connectivity index is 1.68. The van der Waals surface area contributed by atoms with E-state index in [-0.39, 0.29) is 0 Å². The molecular formula is C14H24ClNO. The van der Waals surface area contributed by atoms with Gasteiger partial charge in [-0.25, -0.2) is 0 Å². The van der Waals surface area contributed by atoms with Gasteiger partial charge in [0.1, 0.15) is 0 Å². The van der Waals surface area contributed by atoms with Crippen LogP contribution in [-0.4, -0.2) is 41.6 Å². The van der Waals surface area contributed by atoms with Crippen LogP contribution < -0.4 is 0 Å². The fraction of sp³-hybridized carbons (Fsp3) is 1.00. The Bertz CT molecular complexity index is 259. The van der Waals surface area contributed by atoms with Gasteiger partial charge in [-0.1, -0.05) is 0 Å². The molecule has 2 heterocycles. The summed E-state index contributed by atoms with van der Waals surface area (Å²) in [5, 5.41) is 0.436. The molecule has 0 aromatic carbocycles. The first-order chi connectivity index (χ1) is 8.28. The molecule has 2 bridgehead atoms. The average Bonchev–Trinajstić information content (AvgIpc) is 2.62. The monoisotopic (exact) mass is 257 g/mol. The Kier molecular flexibility index (Phi) is 3.65. The predicted molar refractivity (Wildman–Crippen MR) is 70.6 cm³/mol. The number of hydrogen-bond acceptors (Lipinski definition) is 2. The van der Waals surface area contributed by atoms with E-state index < -0.39 is 0 Å². The quantitative estimate of drug-likeness (QED) is 0.705. The number of piperidine rings is 1. The minimum atomic E-state index is 0.436. The van der Waals surface area contributed by atoms with Crippen LogP contribution in [0.25, 0.3) is 0 Å². The van der Waals surface area contributed by atoms with Gasteiger partial charge in [-0.15, -0.1) is 11.6 Å². The second-order valence-corrected chi connectivity index (χ2v) is 6.70. The Morgan fingerprint density at radius 3 is 2.24 bits per heavy atom. The first-order valence-electron chi connectivity index (χ1n) is 7.22. The van der Waals surface area contributed by atoms with E-state index in [1.54, 1.807) is 0 Å². The number of methoxy groups -OCH3 is 1. The number of hydrogen-bond donors (Lipinski definition) is 0. The van der Waals surface area contributed by atoms with Gasteiger partial charge >= 0.3 is 0 Å². The fourth-order valence-electron chi connectivity index (χ4n) is 4.35. The lowest BCUT2D eigenvalue weighted by Gasteiger charge is -2.45. The highest BCUT2D eigenvalue weighted by molar-refractivity contribution is 6.20. The summed E-state index contributed by atoms with van der Waals surface area (Å²) in [5.41, 5.74) is 0. The second-order valence-electron chi connectivity index (χ2n) is 6.08. The number of rotatable bonds is 2. The molecule has 17 heavy (non-hydrogen) atoms. The Morgan fingerprint density at radius 2 is 1.59 bits per heavy atom. The zero-order chi connectivity index (χ0) is 11.8. The molecule has 1 aliphatic carbocycles. The van der Waals surface area contributed by atoms with E-state index in [1.165, 1.54) is 51.4 Å². The third-order valence-corrected chi connectivity index (χ3v) is 5.44. The molecule has 0 aromatic heterocycles. The van der Waals surface area contributed by atoms with Crippen LogP contribution in [0, 0.1) is 0 Å². The topological polar surface area (TPSA) is 12.5 Å². The third kappa shape index (κ3) is 2.36. The van der Waals surface area contributed by atoms with Gasteiger partial charge in [0.2, 0.25) is 0 Å². The largest absolute Gasteiger partial charge is 0.381 e. The summed E-state index contributed by atoms with van der Waals surface area (Å²) in [7, 11) is 1.87. The molecule has 4 unspecified atom stereocenters. The Morgan fingerprint density at radius 1 is 0.941 bits per heavy atom. The van der Waals surface area contributed by atoms with E-state index in [0.717, 1.165) is 18.1 Å². The molecular weight excluding hydrogens is 234 g/mol. The van der Waals surface area contributed by atoms with Crippen molar-refractivity contribution >= 4 is 11.6 Å². The van der Waals surface area contributed by atoms with Crippen molar-refractivity contribution in [2.24, 2.45) is 0 Å². The van der Waals surface area contributed by atoms with Gasteiger partial charge in [0.15, 0.2) is 0 Å². The standard InChI is InChI=1S/C14H24ClNO/c1-17-14-4-2-3-11(9-14)16-12-5-6-13(16)8-10(15)7-12/h10-14H,2-9H2,1H3. The number of alkyl halides is 1. The molecule has 0 N–H and O–H groups in total. The van der Waals surface area contributed by atoms with E-state index >= 15 is 0 Å². The summed E-state index contributed by atoms with van der Waals surface area (Å²) in [6.45, 7) is 0. The lowest BCUT2D eigenvalue weighted by molar-refractivity contribution is 0.000936. The van der Waals surface area contributed by atoms with Crippen molar-refractivity contribution in [2.75, 3.05) is 7.11 Å². The average molecular weight is 258 g/mol. The van der Waals surface area contributed by atoms with Crippen molar-refractivity contribution in [1.29, 1.82) is 0 Å². The van der Waals surface area contributed by atoms with Crippen LogP contribution in [0.15, 0.2) is 0 Å². The van der Waals surface area contributed by atoms with Crippen LogP contribution >= 0.6 is 11.6 Å². The molecule has 2 nitrogen and oxygen atoms in total. The van der Waals surface area contributed by atoms with E-state index in [9.17, 15) is 0 Å². The maximum Gasteiger partial charge on any atom is 0.0586 e. The van der Waals surface area contributed by atoms with Gasteiger partial charge in [0.05, 0.1) is 6.10 Å². The van der Waals surface area contributed by atoms with Gasteiger partial charge in [0.25, 0.3) is 0 Å². The number of ether oxygens (including phenoxy) is 1. The SMILES string of the molecule is COC1CCCC(N2C3CCC2CC(Cl)C3)C1. The van der Waals surface area contributed by atoms with Crippen LogP contribution in [0.3, 0.4) is 0 Å². The molecule has 0 radical (unpaired) electrons. The Labute approximate surface area is 110 Å². The smallest absolute Gasteiger partial charge is 0.0586 e. The van der Waals surface area contributed by atoms with E-state index in [1.807, 2.05) is 7.11 Å². The minimum absolute atomic E-state index is 0.436. The molecule has 3 rings (SSSR count). The summed E-state index contributed by atoms with van der Waals surface area (Å²) in [6.07, 6.45) is 10.9. The molecule has 0 aromatic rings. The molecule has 2 aliphatic heterocycles. The third-order valence-electron chi connectivity index (χ3n) is 5.09. The highest BCUT2D eigenvalue weighted by atomic mass is 35.5. The zero-order valence-electron chi connectivity index (χ0n) is 10.8. The van der Waals surface area contributed by atoms with Crippen molar-refractivity contribution in [2.45, 2.75) is 81.0 Å². The van der Waals surface area contributed by atoms with Crippen LogP contribution in [0.5, 0.6) is 0 Å². The highest BCUT2D eigenvalue weighted by Crippen LogP contribution is 2.42. The molecule has 98 valence electrons. The van der Waals surface area contributed by atoms with Gasteiger partial charge in [-0.2, -0.15) is 0 Å². The molecule has 3 heteroatoms. The summed E-state index contributed by atoms with van der Waals surface area (Å²) in [6, 6.07) is 2.32. The summed E-state index contributed by atoms with van der Waals surface area (Å²) in [5.74, 6) is 0. The summed E-state index contributed by atoms with van der Waals surface area (Å²) < 4.78 is 5.57. The summed E-state index contributed by atoms with van der Waals surface area (Å²) in [4.78, 5) is 2.82. The van der Waals surface area contributed by atoms with Gasteiger partial charge < -0.3 is 4.74 Å². The van der Waals surface area contributed by atoms with Gasteiger partial charge in [0, 0.05) is 30.6 Å². The van der Waals surface area contributed by atoms with E-state index in [2.05, 4.69) is 4.90 Å². The number of nitrogens with zero attached hydrogens (tertiary/aromatic N) is 1. The number of halogens is 1. The lowest BCUT2D eigenvalue weighted by Crippen LogP contribution is -2.51. The second kappa shape index (κ2) is 5.07. The van der Waals surface area contributed by atoms with Crippen molar-refractivity contribution < 1.29 is 4.74 Å². The van der Waals surface area contributed by atoms with Gasteiger partial charge in [-0.3, -0.25) is 4.90 Å². The molecule has 2 saturated heterocycles. The van der Waals surface area contributed by atoms with Crippen molar-refractivity contribution in [3.05, 3.63) is 0 Å². The van der Waals surface area contributed by atoms with Crippen LogP contribution in [0.4, 0.5) is 0 Å². The fourth-order valence-corrected chi connectivity index (χ4v) is 4.76. The first-order valence-corrected chi connectivity index (χ1v) is 7.66. The minimum Gasteiger partial charge on any atom is -0.381 e. The molecule has 0 amide bonds. The van der Waals surface area contributed by atoms with Crippen LogP contribution in [0.1, 0.15) is 51.4 Å². The van der Waals surface area contributed by atoms with Crippen LogP contribution in [0.2, 0.25) is 0 Å². The molecule has 3 fully saturated rings.